The molecule has 1 heterocycles. The molecule has 1 aromatic heterocycles. The molecule has 0 spiro atoms. The van der Waals surface area contributed by atoms with Crippen LogP contribution in [0.3, 0.4) is 0 Å². The molecule has 0 radical (unpaired) electrons. The highest BCUT2D eigenvalue weighted by molar-refractivity contribution is 6.30. The fourth-order valence-corrected chi connectivity index (χ4v) is 2.01. The number of carbonyl (C=O) groups is 1. The maximum absolute atomic E-state index is 11.1. The Bertz CT molecular complexity index is 629. The zero-order valence-electron chi connectivity index (χ0n) is 12.2. The predicted molar refractivity (Wildman–Crippen MR) is 85.2 cm³/mol. The van der Waals surface area contributed by atoms with Gasteiger partial charge in [-0.05, 0) is 36.1 Å². The topological polar surface area (TPSA) is 47.8 Å². The average Bonchev–Trinajstić information content (AvgIpc) is 2.86. The molecule has 1 aromatic carbocycles. The summed E-state index contributed by atoms with van der Waals surface area (Å²) in [5.41, 5.74) is 2.11. The van der Waals surface area contributed by atoms with Crippen LogP contribution >= 0.6 is 11.6 Å². The van der Waals surface area contributed by atoms with Crippen LogP contribution in [0.5, 0.6) is 0 Å². The summed E-state index contributed by atoms with van der Waals surface area (Å²) in [5.74, 6) is 0.571. The van der Waals surface area contributed by atoms with Crippen LogP contribution in [0.2, 0.25) is 5.02 Å². The van der Waals surface area contributed by atoms with Gasteiger partial charge in [0.2, 0.25) is 0 Å². The number of rotatable bonds is 6. The number of aldehydes is 1. The monoisotopic (exact) mass is 303 g/mol. The van der Waals surface area contributed by atoms with Gasteiger partial charge in [-0.1, -0.05) is 48.9 Å². The van der Waals surface area contributed by atoms with E-state index >= 15 is 0 Å². The second kappa shape index (κ2) is 7.18. The summed E-state index contributed by atoms with van der Waals surface area (Å²) in [4.78, 5) is 11.1. The van der Waals surface area contributed by atoms with E-state index in [9.17, 15) is 4.79 Å². The summed E-state index contributed by atoms with van der Waals surface area (Å²) in [5, 5.41) is 8.66. The van der Waals surface area contributed by atoms with E-state index in [1.165, 1.54) is 0 Å². The minimum Gasteiger partial charge on any atom is -0.296 e. The second-order valence-corrected chi connectivity index (χ2v) is 5.70. The van der Waals surface area contributed by atoms with Crippen LogP contribution in [-0.2, 0) is 6.54 Å². The average molecular weight is 304 g/mol. The van der Waals surface area contributed by atoms with Crippen LogP contribution in [0, 0.1) is 5.92 Å². The lowest BCUT2D eigenvalue weighted by Gasteiger charge is -2.06. The molecule has 2 rings (SSSR count). The van der Waals surface area contributed by atoms with Gasteiger partial charge in [0.05, 0.1) is 5.69 Å². The molecule has 0 fully saturated rings. The lowest BCUT2D eigenvalue weighted by atomic mass is 10.1. The third kappa shape index (κ3) is 4.26. The van der Waals surface area contributed by atoms with Crippen molar-refractivity contribution in [1.82, 2.24) is 15.0 Å². The largest absolute Gasteiger partial charge is 0.296 e. The molecule has 110 valence electrons. The van der Waals surface area contributed by atoms with Gasteiger partial charge < -0.3 is 0 Å². The number of hydrogen-bond acceptors (Lipinski definition) is 3. The smallest absolute Gasteiger partial charge is 0.172 e. The zero-order chi connectivity index (χ0) is 15.2. The third-order valence-corrected chi connectivity index (χ3v) is 3.39. The Morgan fingerprint density at radius 3 is 2.57 bits per heavy atom. The van der Waals surface area contributed by atoms with E-state index in [2.05, 4.69) is 24.2 Å². The summed E-state index contributed by atoms with van der Waals surface area (Å²) in [6.07, 6.45) is 5.52. The summed E-state index contributed by atoms with van der Waals surface area (Å²) in [6.45, 7) is 5.06. The minimum absolute atomic E-state index is 0.365. The maximum atomic E-state index is 11.1. The maximum Gasteiger partial charge on any atom is 0.172 e. The quantitative estimate of drug-likeness (QED) is 0.759. The van der Waals surface area contributed by atoms with E-state index in [-0.39, 0.29) is 0 Å². The number of nitrogens with zero attached hydrogens (tertiary/aromatic N) is 3. The molecule has 0 aliphatic carbocycles. The van der Waals surface area contributed by atoms with Gasteiger partial charge >= 0.3 is 0 Å². The zero-order valence-corrected chi connectivity index (χ0v) is 12.9. The fourth-order valence-electron chi connectivity index (χ4n) is 1.88. The van der Waals surface area contributed by atoms with Crippen LogP contribution in [0.1, 0.15) is 42.0 Å². The minimum atomic E-state index is 0.365. The highest BCUT2D eigenvalue weighted by Crippen LogP contribution is 2.14. The molecule has 0 aliphatic rings. The molecule has 0 unspecified atom stereocenters. The van der Waals surface area contributed by atoms with Gasteiger partial charge in [-0.25, -0.2) is 4.68 Å². The van der Waals surface area contributed by atoms with Crippen LogP contribution in [0.25, 0.3) is 12.2 Å². The van der Waals surface area contributed by atoms with E-state index in [0.717, 1.165) is 30.5 Å². The SMILES string of the molecule is CC(C)CCn1nnc(C=O)c1/C=C/c1ccc(Cl)cc1. The molecule has 0 bridgehead atoms. The highest BCUT2D eigenvalue weighted by atomic mass is 35.5. The van der Waals surface area contributed by atoms with Crippen molar-refractivity contribution >= 4 is 30.0 Å². The van der Waals surface area contributed by atoms with Gasteiger partial charge in [-0.2, -0.15) is 0 Å². The molecule has 0 aliphatic heterocycles. The summed E-state index contributed by atoms with van der Waals surface area (Å²) < 4.78 is 1.77. The van der Waals surface area contributed by atoms with E-state index in [1.807, 2.05) is 36.4 Å². The van der Waals surface area contributed by atoms with Gasteiger partial charge in [0.1, 0.15) is 0 Å². The number of benzene rings is 1. The number of hydrogen-bond donors (Lipinski definition) is 0. The first-order chi connectivity index (χ1) is 10.1. The lowest BCUT2D eigenvalue weighted by molar-refractivity contribution is 0.111. The number of aryl methyl sites for hydroxylation is 1. The molecule has 0 saturated carbocycles. The number of halogens is 1. The first kappa shape index (κ1) is 15.4. The Labute approximate surface area is 129 Å². The van der Waals surface area contributed by atoms with Crippen LogP contribution in [0.4, 0.5) is 0 Å². The van der Waals surface area contributed by atoms with Crippen molar-refractivity contribution in [3.8, 4) is 0 Å². The van der Waals surface area contributed by atoms with Gasteiger partial charge in [0.15, 0.2) is 12.0 Å². The fraction of sp³-hybridized carbons (Fsp3) is 0.312. The van der Waals surface area contributed by atoms with Crippen molar-refractivity contribution in [2.24, 2.45) is 5.92 Å². The van der Waals surface area contributed by atoms with Crippen LogP contribution < -0.4 is 0 Å². The second-order valence-electron chi connectivity index (χ2n) is 5.27. The standard InChI is InChI=1S/C16H18ClN3O/c1-12(2)9-10-20-16(15(11-21)18-19-20)8-5-13-3-6-14(17)7-4-13/h3-8,11-12H,9-10H2,1-2H3/b8-5+. The van der Waals surface area contributed by atoms with Crippen molar-refractivity contribution in [3.05, 3.63) is 46.2 Å². The molecule has 2 aromatic rings. The molecule has 0 saturated heterocycles. The van der Waals surface area contributed by atoms with Gasteiger partial charge in [0.25, 0.3) is 0 Å². The van der Waals surface area contributed by atoms with Gasteiger partial charge in [-0.3, -0.25) is 4.79 Å². The Hall–Kier alpha value is -1.94. The Morgan fingerprint density at radius 1 is 1.24 bits per heavy atom. The van der Waals surface area contributed by atoms with E-state index in [4.69, 9.17) is 11.6 Å². The van der Waals surface area contributed by atoms with E-state index in [1.54, 1.807) is 4.68 Å². The van der Waals surface area contributed by atoms with Crippen molar-refractivity contribution in [3.63, 3.8) is 0 Å². The summed E-state index contributed by atoms with van der Waals surface area (Å²) >= 11 is 5.86. The summed E-state index contributed by atoms with van der Waals surface area (Å²) in [6, 6.07) is 7.50. The lowest BCUT2D eigenvalue weighted by Crippen LogP contribution is -2.05. The van der Waals surface area contributed by atoms with E-state index < -0.39 is 0 Å². The van der Waals surface area contributed by atoms with Crippen molar-refractivity contribution in [1.29, 1.82) is 0 Å². The van der Waals surface area contributed by atoms with E-state index in [0.29, 0.717) is 16.6 Å². The Kier molecular flexibility index (Phi) is 5.28. The molecule has 0 N–H and O–H groups in total. The molecule has 21 heavy (non-hydrogen) atoms. The third-order valence-electron chi connectivity index (χ3n) is 3.13. The van der Waals surface area contributed by atoms with Crippen LogP contribution in [0.15, 0.2) is 24.3 Å². The highest BCUT2D eigenvalue weighted by Gasteiger charge is 2.09. The molecule has 4 nitrogen and oxygen atoms in total. The molecule has 0 amide bonds. The molecule has 5 heteroatoms. The molecular weight excluding hydrogens is 286 g/mol. The Balaban J connectivity index is 2.22. The first-order valence-corrected chi connectivity index (χ1v) is 7.30. The predicted octanol–water partition coefficient (Wildman–Crippen LogP) is 3.96. The van der Waals surface area contributed by atoms with Crippen molar-refractivity contribution in [2.45, 2.75) is 26.8 Å². The molecular formula is C16H18ClN3O. The first-order valence-electron chi connectivity index (χ1n) is 6.92. The van der Waals surface area contributed by atoms with Crippen LogP contribution in [-0.4, -0.2) is 21.3 Å². The number of carbonyl (C=O) groups excluding carboxylic acids is 1. The summed E-state index contributed by atoms with van der Waals surface area (Å²) in [7, 11) is 0. The van der Waals surface area contributed by atoms with Crippen molar-refractivity contribution < 1.29 is 4.79 Å². The Morgan fingerprint density at radius 2 is 1.95 bits per heavy atom. The normalized spacial score (nSPS) is 11.4. The van der Waals surface area contributed by atoms with Crippen molar-refractivity contribution in [2.75, 3.05) is 0 Å². The molecule has 0 atom stereocenters. The van der Waals surface area contributed by atoms with Gasteiger partial charge in [0, 0.05) is 11.6 Å². The number of aromatic nitrogens is 3. The van der Waals surface area contributed by atoms with Gasteiger partial charge in [-0.15, -0.1) is 5.10 Å².